The van der Waals surface area contributed by atoms with Crippen LogP contribution in [0.15, 0.2) is 18.5 Å². The predicted octanol–water partition coefficient (Wildman–Crippen LogP) is 0.604. The van der Waals surface area contributed by atoms with Crippen LogP contribution >= 0.6 is 0 Å². The van der Waals surface area contributed by atoms with E-state index in [4.69, 9.17) is 5.84 Å². The molecule has 0 aromatic carbocycles. The molecule has 0 saturated heterocycles. The van der Waals surface area contributed by atoms with E-state index in [1.165, 1.54) is 0 Å². The smallest absolute Gasteiger partial charge is 0.236 e. The number of hydrogen-bond acceptors (Lipinski definition) is 3. The number of carbonyl (C=O) groups is 1. The van der Waals surface area contributed by atoms with E-state index in [9.17, 15) is 4.79 Å². The fourth-order valence-electron chi connectivity index (χ4n) is 2.22. The molecule has 1 aliphatic rings. The van der Waals surface area contributed by atoms with Crippen molar-refractivity contribution in [2.45, 2.75) is 31.7 Å². The Balaban J connectivity index is 1.90. The SMILES string of the molecule is NNC(=O)[C@H]1CC[C@H](n2cccn2)CC1. The molecule has 1 saturated carbocycles. The first-order valence-corrected chi connectivity index (χ1v) is 5.31. The molecule has 1 fully saturated rings. The third kappa shape index (κ3) is 2.18. The molecule has 82 valence electrons. The van der Waals surface area contributed by atoms with Gasteiger partial charge in [0.05, 0.1) is 6.04 Å². The molecule has 1 aromatic rings. The number of aromatic nitrogens is 2. The third-order valence-corrected chi connectivity index (χ3v) is 3.11. The number of carbonyl (C=O) groups excluding carboxylic acids is 1. The summed E-state index contributed by atoms with van der Waals surface area (Å²) in [5, 5.41) is 4.22. The zero-order valence-electron chi connectivity index (χ0n) is 8.60. The maximum absolute atomic E-state index is 11.3. The predicted molar refractivity (Wildman–Crippen MR) is 55.6 cm³/mol. The fraction of sp³-hybridized carbons (Fsp3) is 0.600. The van der Waals surface area contributed by atoms with Crippen LogP contribution in [0.5, 0.6) is 0 Å². The summed E-state index contributed by atoms with van der Waals surface area (Å²) in [6, 6.07) is 2.38. The molecule has 1 heterocycles. The highest BCUT2D eigenvalue weighted by molar-refractivity contribution is 5.77. The van der Waals surface area contributed by atoms with E-state index in [0.717, 1.165) is 25.7 Å². The molecule has 5 heteroatoms. The molecule has 3 N–H and O–H groups in total. The van der Waals surface area contributed by atoms with E-state index in [1.54, 1.807) is 6.20 Å². The maximum atomic E-state index is 11.3. The first kappa shape index (κ1) is 10.2. The first-order valence-electron chi connectivity index (χ1n) is 5.31. The van der Waals surface area contributed by atoms with Gasteiger partial charge in [0, 0.05) is 18.3 Å². The molecule has 2 rings (SSSR count). The van der Waals surface area contributed by atoms with Crippen LogP contribution in [-0.4, -0.2) is 15.7 Å². The molecule has 0 bridgehead atoms. The summed E-state index contributed by atoms with van der Waals surface area (Å²) in [6.45, 7) is 0. The van der Waals surface area contributed by atoms with Crippen molar-refractivity contribution in [3.05, 3.63) is 18.5 Å². The standard InChI is InChI=1S/C10H16N4O/c11-13-10(15)8-2-4-9(5-3-8)14-7-1-6-12-14/h1,6-9H,2-5,11H2,(H,13,15)/t8-,9-. The zero-order valence-corrected chi connectivity index (χ0v) is 8.60. The fourth-order valence-corrected chi connectivity index (χ4v) is 2.22. The lowest BCUT2D eigenvalue weighted by Gasteiger charge is -2.27. The van der Waals surface area contributed by atoms with Gasteiger partial charge in [0.15, 0.2) is 0 Å². The van der Waals surface area contributed by atoms with Gasteiger partial charge >= 0.3 is 0 Å². The van der Waals surface area contributed by atoms with Gasteiger partial charge < -0.3 is 0 Å². The second kappa shape index (κ2) is 4.44. The first-order chi connectivity index (χ1) is 7.31. The molecule has 15 heavy (non-hydrogen) atoms. The van der Waals surface area contributed by atoms with Crippen LogP contribution < -0.4 is 11.3 Å². The molecular weight excluding hydrogens is 192 g/mol. The van der Waals surface area contributed by atoms with Gasteiger partial charge in [-0.1, -0.05) is 0 Å². The Morgan fingerprint density at radius 2 is 2.13 bits per heavy atom. The number of hydrazine groups is 1. The van der Waals surface area contributed by atoms with Gasteiger partial charge in [0.1, 0.15) is 0 Å². The minimum absolute atomic E-state index is 0.0334. The van der Waals surface area contributed by atoms with Crippen molar-refractivity contribution in [2.24, 2.45) is 11.8 Å². The maximum Gasteiger partial charge on any atom is 0.236 e. The van der Waals surface area contributed by atoms with Crippen LogP contribution in [0.3, 0.4) is 0 Å². The summed E-state index contributed by atoms with van der Waals surface area (Å²) in [6.07, 6.45) is 7.56. The molecule has 0 radical (unpaired) electrons. The van der Waals surface area contributed by atoms with Crippen molar-refractivity contribution in [3.63, 3.8) is 0 Å². The summed E-state index contributed by atoms with van der Waals surface area (Å²) >= 11 is 0. The summed E-state index contributed by atoms with van der Waals surface area (Å²) in [5.74, 6) is 5.17. The van der Waals surface area contributed by atoms with Crippen molar-refractivity contribution >= 4 is 5.91 Å². The second-order valence-corrected chi connectivity index (χ2v) is 4.00. The van der Waals surface area contributed by atoms with Crippen LogP contribution in [-0.2, 0) is 4.79 Å². The van der Waals surface area contributed by atoms with E-state index in [-0.39, 0.29) is 11.8 Å². The largest absolute Gasteiger partial charge is 0.294 e. The van der Waals surface area contributed by atoms with Gasteiger partial charge in [-0.15, -0.1) is 0 Å². The lowest BCUT2D eigenvalue weighted by Crippen LogP contribution is -2.37. The Hall–Kier alpha value is -1.36. The van der Waals surface area contributed by atoms with E-state index < -0.39 is 0 Å². The molecule has 1 amide bonds. The van der Waals surface area contributed by atoms with Crippen molar-refractivity contribution in [2.75, 3.05) is 0 Å². The number of nitrogens with zero attached hydrogens (tertiary/aromatic N) is 2. The van der Waals surface area contributed by atoms with Crippen molar-refractivity contribution in [1.29, 1.82) is 0 Å². The quantitative estimate of drug-likeness (QED) is 0.425. The van der Waals surface area contributed by atoms with E-state index >= 15 is 0 Å². The van der Waals surface area contributed by atoms with E-state index in [1.807, 2.05) is 16.9 Å². The van der Waals surface area contributed by atoms with Gasteiger partial charge in [-0.2, -0.15) is 5.10 Å². The highest BCUT2D eigenvalue weighted by Gasteiger charge is 2.26. The highest BCUT2D eigenvalue weighted by atomic mass is 16.2. The highest BCUT2D eigenvalue weighted by Crippen LogP contribution is 2.31. The molecule has 0 unspecified atom stereocenters. The van der Waals surface area contributed by atoms with Crippen LogP contribution in [0.25, 0.3) is 0 Å². The lowest BCUT2D eigenvalue weighted by molar-refractivity contribution is -0.126. The number of hydrogen-bond donors (Lipinski definition) is 2. The van der Waals surface area contributed by atoms with Crippen molar-refractivity contribution in [3.8, 4) is 0 Å². The summed E-state index contributed by atoms with van der Waals surface area (Å²) < 4.78 is 1.98. The summed E-state index contributed by atoms with van der Waals surface area (Å²) in [4.78, 5) is 11.3. The molecule has 0 aliphatic heterocycles. The van der Waals surface area contributed by atoms with Gasteiger partial charge in [0.2, 0.25) is 5.91 Å². The van der Waals surface area contributed by atoms with E-state index in [0.29, 0.717) is 6.04 Å². The van der Waals surface area contributed by atoms with Gasteiger partial charge in [0.25, 0.3) is 0 Å². The van der Waals surface area contributed by atoms with E-state index in [2.05, 4.69) is 10.5 Å². The molecule has 5 nitrogen and oxygen atoms in total. The van der Waals surface area contributed by atoms with Crippen LogP contribution in [0.4, 0.5) is 0 Å². The van der Waals surface area contributed by atoms with Crippen LogP contribution in [0.1, 0.15) is 31.7 Å². The second-order valence-electron chi connectivity index (χ2n) is 4.00. The minimum atomic E-state index is -0.0334. The molecule has 0 spiro atoms. The lowest BCUT2D eigenvalue weighted by atomic mass is 9.85. The van der Waals surface area contributed by atoms with Gasteiger partial charge in [-0.25, -0.2) is 5.84 Å². The summed E-state index contributed by atoms with van der Waals surface area (Å²) in [7, 11) is 0. The Morgan fingerprint density at radius 1 is 1.40 bits per heavy atom. The van der Waals surface area contributed by atoms with Gasteiger partial charge in [-0.3, -0.25) is 14.9 Å². The Labute approximate surface area is 88.6 Å². The molecular formula is C10H16N4O. The number of amides is 1. The average molecular weight is 208 g/mol. The third-order valence-electron chi connectivity index (χ3n) is 3.11. The topological polar surface area (TPSA) is 72.9 Å². The van der Waals surface area contributed by atoms with Crippen molar-refractivity contribution < 1.29 is 4.79 Å². The average Bonchev–Trinajstić information content (AvgIpc) is 2.82. The number of rotatable bonds is 2. The Kier molecular flexibility index (Phi) is 3.01. The number of nitrogens with two attached hydrogens (primary N) is 1. The van der Waals surface area contributed by atoms with Crippen molar-refractivity contribution in [1.82, 2.24) is 15.2 Å². The molecule has 0 atom stereocenters. The molecule has 1 aliphatic carbocycles. The normalized spacial score (nSPS) is 26.2. The summed E-state index contributed by atoms with van der Waals surface area (Å²) in [5.41, 5.74) is 2.22. The monoisotopic (exact) mass is 208 g/mol. The van der Waals surface area contributed by atoms with Gasteiger partial charge in [-0.05, 0) is 31.7 Å². The van der Waals surface area contributed by atoms with Crippen LogP contribution in [0.2, 0.25) is 0 Å². The zero-order chi connectivity index (χ0) is 10.7. The molecule has 1 aromatic heterocycles. The minimum Gasteiger partial charge on any atom is -0.294 e. The van der Waals surface area contributed by atoms with Crippen LogP contribution in [0, 0.1) is 5.92 Å². The Bertz CT molecular complexity index is 314. The Morgan fingerprint density at radius 3 is 2.67 bits per heavy atom. The number of nitrogens with one attached hydrogen (secondary N) is 1.